The first-order valence-electron chi connectivity index (χ1n) is 7.58. The zero-order valence-corrected chi connectivity index (χ0v) is 16.3. The smallest absolute Gasteiger partial charge is 0.277 e. The lowest BCUT2D eigenvalue weighted by Gasteiger charge is -2.10. The van der Waals surface area contributed by atoms with Gasteiger partial charge >= 0.3 is 0 Å². The number of rotatable bonds is 6. The summed E-state index contributed by atoms with van der Waals surface area (Å²) < 4.78 is 0.625. The van der Waals surface area contributed by atoms with Crippen molar-refractivity contribution in [2.45, 2.75) is 19.8 Å². The fourth-order valence-corrected chi connectivity index (χ4v) is 2.94. The molecule has 9 heteroatoms. The Labute approximate surface area is 160 Å². The lowest BCUT2D eigenvalue weighted by atomic mass is 10.1. The maximum atomic E-state index is 12.5. The van der Waals surface area contributed by atoms with Crippen molar-refractivity contribution >= 4 is 45.8 Å². The highest BCUT2D eigenvalue weighted by molar-refractivity contribution is 9.10. The minimum atomic E-state index is -0.399. The van der Waals surface area contributed by atoms with Gasteiger partial charge in [0, 0.05) is 13.1 Å². The molecule has 1 aromatic carbocycles. The second kappa shape index (κ2) is 9.55. The Hall–Kier alpha value is -1.90. The molecule has 2 aromatic rings. The van der Waals surface area contributed by atoms with Gasteiger partial charge in [0.2, 0.25) is 0 Å². The molecule has 25 heavy (non-hydrogen) atoms. The number of nitrogens with one attached hydrogen (secondary N) is 3. The van der Waals surface area contributed by atoms with Crippen LogP contribution in [-0.2, 0) is 0 Å². The first-order chi connectivity index (χ1) is 11.5. The molecule has 2 amide bonds. The minimum Gasteiger partial charge on any atom is -0.351 e. The summed E-state index contributed by atoms with van der Waals surface area (Å²) in [5, 5.41) is 12.3. The number of aromatic amines is 1. The van der Waals surface area contributed by atoms with E-state index in [0.29, 0.717) is 28.8 Å². The largest absolute Gasteiger partial charge is 0.351 e. The first-order valence-corrected chi connectivity index (χ1v) is 8.37. The summed E-state index contributed by atoms with van der Waals surface area (Å²) in [6.45, 7) is 4.70. The quantitative estimate of drug-likeness (QED) is 0.564. The van der Waals surface area contributed by atoms with Crippen LogP contribution in [0.5, 0.6) is 0 Å². The van der Waals surface area contributed by atoms with Crippen molar-refractivity contribution in [2.24, 2.45) is 5.73 Å². The Morgan fingerprint density at radius 3 is 2.56 bits per heavy atom. The van der Waals surface area contributed by atoms with Crippen molar-refractivity contribution in [1.29, 1.82) is 0 Å². The Kier molecular flexibility index (Phi) is 8.08. The second-order valence-corrected chi connectivity index (χ2v) is 6.29. The van der Waals surface area contributed by atoms with Crippen LogP contribution in [0.3, 0.4) is 0 Å². The van der Waals surface area contributed by atoms with Crippen LogP contribution in [0, 0.1) is 0 Å². The molecule has 0 aliphatic carbocycles. The third-order valence-corrected chi connectivity index (χ3v) is 4.18. The van der Waals surface area contributed by atoms with E-state index in [4.69, 9.17) is 5.73 Å². The molecule has 2 rings (SSSR count). The number of benzene rings is 1. The summed E-state index contributed by atoms with van der Waals surface area (Å²) in [5.74, 6) is -0.493. The van der Waals surface area contributed by atoms with E-state index in [1.54, 1.807) is 24.3 Å². The average Bonchev–Trinajstić information content (AvgIpc) is 2.95. The first kappa shape index (κ1) is 21.1. The normalized spacial score (nSPS) is 10.3. The maximum Gasteiger partial charge on any atom is 0.277 e. The SMILES string of the molecule is CC(C)c1[nH]nc(C(=O)Nc2ccccc2C(=O)NCCN)c1Br.Cl. The molecule has 0 saturated carbocycles. The number of H-pyrrole nitrogens is 1. The number of nitrogens with zero attached hydrogens (tertiary/aromatic N) is 1. The Balaban J connectivity index is 0.00000312. The fourth-order valence-electron chi connectivity index (χ4n) is 2.13. The van der Waals surface area contributed by atoms with Crippen LogP contribution in [0.25, 0.3) is 0 Å². The van der Waals surface area contributed by atoms with E-state index in [2.05, 4.69) is 36.8 Å². The third-order valence-electron chi connectivity index (χ3n) is 3.37. The van der Waals surface area contributed by atoms with E-state index < -0.39 is 5.91 Å². The molecule has 0 radical (unpaired) electrons. The average molecular weight is 431 g/mol. The number of carbonyl (C=O) groups excluding carboxylic acids is 2. The number of hydrogen-bond acceptors (Lipinski definition) is 4. The van der Waals surface area contributed by atoms with Crippen LogP contribution in [0.2, 0.25) is 0 Å². The zero-order valence-electron chi connectivity index (χ0n) is 13.9. The molecule has 1 aromatic heterocycles. The summed E-state index contributed by atoms with van der Waals surface area (Å²) in [5.41, 5.74) is 7.26. The van der Waals surface area contributed by atoms with Gasteiger partial charge in [-0.1, -0.05) is 26.0 Å². The van der Waals surface area contributed by atoms with Crippen molar-refractivity contribution in [1.82, 2.24) is 15.5 Å². The molecule has 0 bridgehead atoms. The number of para-hydroxylation sites is 1. The predicted octanol–water partition coefficient (Wildman–Crippen LogP) is 2.66. The molecule has 0 fully saturated rings. The number of hydrogen-bond donors (Lipinski definition) is 4. The van der Waals surface area contributed by atoms with E-state index in [-0.39, 0.29) is 29.9 Å². The predicted molar refractivity (Wildman–Crippen MR) is 103 cm³/mol. The van der Waals surface area contributed by atoms with Crippen LogP contribution in [-0.4, -0.2) is 35.1 Å². The topological polar surface area (TPSA) is 113 Å². The van der Waals surface area contributed by atoms with Gasteiger partial charge in [0.05, 0.1) is 21.4 Å². The van der Waals surface area contributed by atoms with Crippen molar-refractivity contribution in [3.05, 3.63) is 45.7 Å². The van der Waals surface area contributed by atoms with Gasteiger partial charge in [-0.05, 0) is 34.0 Å². The minimum absolute atomic E-state index is 0. The highest BCUT2D eigenvalue weighted by Crippen LogP contribution is 2.26. The molecule has 7 nitrogen and oxygen atoms in total. The Bertz CT molecular complexity index is 748. The lowest BCUT2D eigenvalue weighted by molar-refractivity contribution is 0.0955. The third kappa shape index (κ3) is 5.04. The molecule has 0 aliphatic rings. The van der Waals surface area contributed by atoms with Crippen LogP contribution in [0.1, 0.15) is 46.3 Å². The molecule has 1 heterocycles. The van der Waals surface area contributed by atoms with Gasteiger partial charge in [0.1, 0.15) is 0 Å². The molecule has 0 atom stereocenters. The van der Waals surface area contributed by atoms with E-state index in [9.17, 15) is 9.59 Å². The van der Waals surface area contributed by atoms with Gasteiger partial charge in [-0.3, -0.25) is 14.7 Å². The lowest BCUT2D eigenvalue weighted by Crippen LogP contribution is -2.30. The highest BCUT2D eigenvalue weighted by Gasteiger charge is 2.21. The van der Waals surface area contributed by atoms with Gasteiger partial charge < -0.3 is 16.4 Å². The maximum absolute atomic E-state index is 12.5. The van der Waals surface area contributed by atoms with Gasteiger partial charge in [-0.2, -0.15) is 5.10 Å². The van der Waals surface area contributed by atoms with Crippen molar-refractivity contribution < 1.29 is 9.59 Å². The summed E-state index contributed by atoms with van der Waals surface area (Å²) in [6, 6.07) is 6.78. The molecule has 0 unspecified atom stereocenters. The summed E-state index contributed by atoms with van der Waals surface area (Å²) >= 11 is 3.40. The molecular weight excluding hydrogens is 410 g/mol. The van der Waals surface area contributed by atoms with Crippen molar-refractivity contribution in [3.8, 4) is 0 Å². The molecule has 136 valence electrons. The standard InChI is InChI=1S/C16H20BrN5O2.ClH/c1-9(2)13-12(17)14(22-21-13)16(24)20-11-6-4-3-5-10(11)15(23)19-8-7-18;/h3-6,9H,7-8,18H2,1-2H3,(H,19,23)(H,20,24)(H,21,22);1H. The summed E-state index contributed by atoms with van der Waals surface area (Å²) in [7, 11) is 0. The number of carbonyl (C=O) groups is 2. The van der Waals surface area contributed by atoms with Gasteiger partial charge in [0.15, 0.2) is 5.69 Å². The molecule has 5 N–H and O–H groups in total. The van der Waals surface area contributed by atoms with Crippen LogP contribution in [0.15, 0.2) is 28.7 Å². The van der Waals surface area contributed by atoms with E-state index in [1.807, 2.05) is 13.8 Å². The molecule has 0 aliphatic heterocycles. The fraction of sp³-hybridized carbons (Fsp3) is 0.312. The molecule has 0 spiro atoms. The van der Waals surface area contributed by atoms with Crippen LogP contribution in [0.4, 0.5) is 5.69 Å². The van der Waals surface area contributed by atoms with E-state index >= 15 is 0 Å². The van der Waals surface area contributed by atoms with Crippen molar-refractivity contribution in [3.63, 3.8) is 0 Å². The number of halogens is 2. The van der Waals surface area contributed by atoms with Crippen molar-refractivity contribution in [2.75, 3.05) is 18.4 Å². The van der Waals surface area contributed by atoms with Gasteiger partial charge in [0.25, 0.3) is 11.8 Å². The summed E-state index contributed by atoms with van der Waals surface area (Å²) in [4.78, 5) is 24.6. The molecule has 0 saturated heterocycles. The second-order valence-electron chi connectivity index (χ2n) is 5.50. The van der Waals surface area contributed by atoms with Gasteiger partial charge in [-0.25, -0.2) is 0 Å². The van der Waals surface area contributed by atoms with E-state index in [1.165, 1.54) is 0 Å². The van der Waals surface area contributed by atoms with E-state index in [0.717, 1.165) is 5.69 Å². The Morgan fingerprint density at radius 1 is 1.28 bits per heavy atom. The van der Waals surface area contributed by atoms with Crippen LogP contribution >= 0.6 is 28.3 Å². The number of anilines is 1. The summed E-state index contributed by atoms with van der Waals surface area (Å²) in [6.07, 6.45) is 0. The number of nitrogens with two attached hydrogens (primary N) is 1. The number of aromatic nitrogens is 2. The number of amides is 2. The molecular formula is C16H21BrClN5O2. The van der Waals surface area contributed by atoms with Crippen LogP contribution < -0.4 is 16.4 Å². The monoisotopic (exact) mass is 429 g/mol. The van der Waals surface area contributed by atoms with Gasteiger partial charge in [-0.15, -0.1) is 12.4 Å². The zero-order chi connectivity index (χ0) is 17.7. The highest BCUT2D eigenvalue weighted by atomic mass is 79.9. The Morgan fingerprint density at radius 2 is 1.96 bits per heavy atom.